The van der Waals surface area contributed by atoms with Crippen molar-refractivity contribution < 1.29 is 4.79 Å². The number of H-pyrrole nitrogens is 1. The third-order valence-corrected chi connectivity index (χ3v) is 3.77. The monoisotopic (exact) mass is 305 g/mol. The fourth-order valence-electron chi connectivity index (χ4n) is 2.28. The number of pyridine rings is 1. The average Bonchev–Trinajstić information content (AvgIpc) is 2.97. The third kappa shape index (κ3) is 2.77. The Labute approximate surface area is 133 Å². The van der Waals surface area contributed by atoms with Crippen LogP contribution in [0.2, 0.25) is 0 Å². The van der Waals surface area contributed by atoms with E-state index in [1.807, 2.05) is 12.1 Å². The molecule has 0 spiro atoms. The molecule has 0 atom stereocenters. The largest absolute Gasteiger partial charge is 0.322 e. The minimum Gasteiger partial charge on any atom is -0.322 e. The van der Waals surface area contributed by atoms with E-state index in [9.17, 15) is 4.79 Å². The SMILES string of the molecule is CC(C)(C(=O)Nc1nc2ncccc2[nH]1)c1cccc(C#N)c1. The van der Waals surface area contributed by atoms with Gasteiger partial charge in [0.05, 0.1) is 22.6 Å². The van der Waals surface area contributed by atoms with Crippen LogP contribution in [0.4, 0.5) is 5.95 Å². The van der Waals surface area contributed by atoms with Crippen LogP contribution in [0.25, 0.3) is 11.2 Å². The normalized spacial score (nSPS) is 11.2. The first-order valence-corrected chi connectivity index (χ1v) is 7.13. The highest BCUT2D eigenvalue weighted by Crippen LogP contribution is 2.25. The van der Waals surface area contributed by atoms with Crippen LogP contribution in [0.5, 0.6) is 0 Å². The molecule has 6 heteroatoms. The first-order valence-electron chi connectivity index (χ1n) is 7.13. The van der Waals surface area contributed by atoms with Gasteiger partial charge in [-0.2, -0.15) is 10.2 Å². The van der Waals surface area contributed by atoms with Crippen molar-refractivity contribution in [2.24, 2.45) is 0 Å². The van der Waals surface area contributed by atoms with Crippen LogP contribution >= 0.6 is 0 Å². The molecule has 2 aromatic heterocycles. The van der Waals surface area contributed by atoms with Gasteiger partial charge in [0.2, 0.25) is 11.9 Å². The van der Waals surface area contributed by atoms with Crippen molar-refractivity contribution in [3.63, 3.8) is 0 Å². The smallest absolute Gasteiger partial charge is 0.236 e. The lowest BCUT2D eigenvalue weighted by Gasteiger charge is -2.23. The lowest BCUT2D eigenvalue weighted by molar-refractivity contribution is -0.120. The van der Waals surface area contributed by atoms with Gasteiger partial charge in [-0.1, -0.05) is 12.1 Å². The molecule has 0 aliphatic rings. The number of carbonyl (C=O) groups excluding carboxylic acids is 1. The summed E-state index contributed by atoms with van der Waals surface area (Å²) in [5.41, 5.74) is 1.79. The van der Waals surface area contributed by atoms with Gasteiger partial charge < -0.3 is 4.98 Å². The summed E-state index contributed by atoms with van der Waals surface area (Å²) >= 11 is 0. The molecule has 0 aliphatic carbocycles. The molecule has 3 aromatic rings. The highest BCUT2D eigenvalue weighted by Gasteiger charge is 2.30. The Kier molecular flexibility index (Phi) is 3.54. The van der Waals surface area contributed by atoms with Crippen LogP contribution in [-0.4, -0.2) is 20.9 Å². The molecule has 0 radical (unpaired) electrons. The second-order valence-electron chi connectivity index (χ2n) is 5.73. The minimum absolute atomic E-state index is 0.216. The van der Waals surface area contributed by atoms with Crippen LogP contribution in [0.15, 0.2) is 42.6 Å². The standard InChI is InChI=1S/C17H15N5O/c1-17(2,12-6-3-5-11(9-12)10-18)15(23)22-16-20-13-7-4-8-19-14(13)21-16/h3-9H,1-2H3,(H2,19,20,21,22,23). The summed E-state index contributed by atoms with van der Waals surface area (Å²) in [4.78, 5) is 24.0. The summed E-state index contributed by atoms with van der Waals surface area (Å²) in [7, 11) is 0. The number of imidazole rings is 1. The van der Waals surface area contributed by atoms with Gasteiger partial charge in [0.1, 0.15) is 0 Å². The Hall–Kier alpha value is -3.20. The lowest BCUT2D eigenvalue weighted by Crippen LogP contribution is -2.35. The van der Waals surface area contributed by atoms with Crippen LogP contribution in [-0.2, 0) is 10.2 Å². The zero-order valence-electron chi connectivity index (χ0n) is 12.8. The Morgan fingerprint density at radius 2 is 2.13 bits per heavy atom. The van der Waals surface area contributed by atoms with Crippen molar-refractivity contribution in [1.82, 2.24) is 15.0 Å². The Balaban J connectivity index is 1.87. The van der Waals surface area contributed by atoms with Gasteiger partial charge in [0.15, 0.2) is 5.65 Å². The molecule has 23 heavy (non-hydrogen) atoms. The maximum absolute atomic E-state index is 12.6. The molecule has 0 saturated heterocycles. The number of hydrogen-bond acceptors (Lipinski definition) is 4. The topological polar surface area (TPSA) is 94.5 Å². The second kappa shape index (κ2) is 5.54. The third-order valence-electron chi connectivity index (χ3n) is 3.77. The van der Waals surface area contributed by atoms with Crippen molar-refractivity contribution in [3.05, 3.63) is 53.7 Å². The van der Waals surface area contributed by atoms with Gasteiger partial charge in [-0.25, -0.2) is 4.98 Å². The zero-order chi connectivity index (χ0) is 16.4. The molecule has 114 valence electrons. The number of nitrogens with zero attached hydrogens (tertiary/aromatic N) is 3. The molecule has 0 fully saturated rings. The van der Waals surface area contributed by atoms with Crippen molar-refractivity contribution in [2.45, 2.75) is 19.3 Å². The first kappa shape index (κ1) is 14.7. The molecule has 3 rings (SSSR count). The van der Waals surface area contributed by atoms with Crippen molar-refractivity contribution in [3.8, 4) is 6.07 Å². The molecule has 6 nitrogen and oxygen atoms in total. The summed E-state index contributed by atoms with van der Waals surface area (Å²) in [5, 5.41) is 11.8. The van der Waals surface area contributed by atoms with E-state index in [1.165, 1.54) is 0 Å². The van der Waals surface area contributed by atoms with E-state index in [1.54, 1.807) is 44.3 Å². The zero-order valence-corrected chi connectivity index (χ0v) is 12.8. The van der Waals surface area contributed by atoms with Crippen LogP contribution in [0.1, 0.15) is 25.0 Å². The number of aromatic nitrogens is 3. The number of rotatable bonds is 3. The molecule has 0 saturated carbocycles. The van der Waals surface area contributed by atoms with Gasteiger partial charge in [-0.3, -0.25) is 10.1 Å². The quantitative estimate of drug-likeness (QED) is 0.778. The fourth-order valence-corrected chi connectivity index (χ4v) is 2.28. The predicted molar refractivity (Wildman–Crippen MR) is 86.7 cm³/mol. The van der Waals surface area contributed by atoms with Crippen LogP contribution < -0.4 is 5.32 Å². The van der Waals surface area contributed by atoms with E-state index in [-0.39, 0.29) is 5.91 Å². The molecule has 1 amide bonds. The Morgan fingerprint density at radius 1 is 1.30 bits per heavy atom. The summed E-state index contributed by atoms with van der Waals surface area (Å²) in [6.07, 6.45) is 1.64. The summed E-state index contributed by atoms with van der Waals surface area (Å²) in [6.45, 7) is 3.61. The highest BCUT2D eigenvalue weighted by atomic mass is 16.2. The van der Waals surface area contributed by atoms with E-state index >= 15 is 0 Å². The molecule has 0 unspecified atom stereocenters. The second-order valence-corrected chi connectivity index (χ2v) is 5.73. The molecule has 0 aliphatic heterocycles. The maximum Gasteiger partial charge on any atom is 0.236 e. The summed E-state index contributed by atoms with van der Waals surface area (Å²) < 4.78 is 0. The van der Waals surface area contributed by atoms with Gasteiger partial charge >= 0.3 is 0 Å². The minimum atomic E-state index is -0.806. The number of anilines is 1. The van der Waals surface area contributed by atoms with Crippen LogP contribution in [0.3, 0.4) is 0 Å². The number of aromatic amines is 1. The van der Waals surface area contributed by atoms with E-state index in [0.717, 1.165) is 11.1 Å². The van der Waals surface area contributed by atoms with Crippen molar-refractivity contribution in [2.75, 3.05) is 5.32 Å². The average molecular weight is 305 g/mol. The number of fused-ring (bicyclic) bond motifs is 1. The van der Waals surface area contributed by atoms with Crippen LogP contribution in [0, 0.1) is 11.3 Å². The number of nitrogens with one attached hydrogen (secondary N) is 2. The number of hydrogen-bond donors (Lipinski definition) is 2. The summed E-state index contributed by atoms with van der Waals surface area (Å²) in [6, 6.07) is 12.8. The van der Waals surface area contributed by atoms with Gasteiger partial charge in [-0.05, 0) is 43.7 Å². The molecule has 0 bridgehead atoms. The molecule has 2 N–H and O–H groups in total. The number of carbonyl (C=O) groups is 1. The van der Waals surface area contributed by atoms with E-state index < -0.39 is 5.41 Å². The molecule has 1 aromatic carbocycles. The van der Waals surface area contributed by atoms with E-state index in [2.05, 4.69) is 26.3 Å². The highest BCUT2D eigenvalue weighted by molar-refractivity contribution is 5.98. The van der Waals surface area contributed by atoms with Gasteiger partial charge in [0, 0.05) is 6.20 Å². The van der Waals surface area contributed by atoms with E-state index in [4.69, 9.17) is 5.26 Å². The molecule has 2 heterocycles. The van der Waals surface area contributed by atoms with E-state index in [0.29, 0.717) is 17.2 Å². The Morgan fingerprint density at radius 3 is 2.87 bits per heavy atom. The number of nitriles is 1. The summed E-state index contributed by atoms with van der Waals surface area (Å²) in [5.74, 6) is 0.139. The maximum atomic E-state index is 12.6. The lowest BCUT2D eigenvalue weighted by atomic mass is 9.83. The Bertz CT molecular complexity index is 887. The predicted octanol–water partition coefficient (Wildman–Crippen LogP) is 2.75. The number of benzene rings is 1. The van der Waals surface area contributed by atoms with Crippen molar-refractivity contribution in [1.29, 1.82) is 5.26 Å². The molecular formula is C17H15N5O. The van der Waals surface area contributed by atoms with Crippen molar-refractivity contribution >= 4 is 23.0 Å². The first-order chi connectivity index (χ1) is 11.0. The van der Waals surface area contributed by atoms with Gasteiger partial charge in [-0.15, -0.1) is 0 Å². The molecular weight excluding hydrogens is 290 g/mol. The number of amides is 1. The fraction of sp³-hybridized carbons (Fsp3) is 0.176. The van der Waals surface area contributed by atoms with Gasteiger partial charge in [0.25, 0.3) is 0 Å².